The first-order chi connectivity index (χ1) is 31.5. The van der Waals surface area contributed by atoms with Gasteiger partial charge in [-0.25, -0.2) is 0 Å². The van der Waals surface area contributed by atoms with Crippen molar-refractivity contribution in [2.75, 3.05) is 13.2 Å². The summed E-state index contributed by atoms with van der Waals surface area (Å²) in [5.74, 6) is -0.0488. The molecule has 0 bridgehead atoms. The number of carbonyl (C=O) groups excluding carboxylic acids is 2. The molecule has 0 aliphatic rings. The van der Waals surface area contributed by atoms with Crippen LogP contribution in [0.3, 0.4) is 0 Å². The summed E-state index contributed by atoms with van der Waals surface area (Å²) in [5.41, 5.74) is 0. The quantitative estimate of drug-likeness (QED) is 0.0321. The van der Waals surface area contributed by atoms with Crippen molar-refractivity contribution in [3.8, 4) is 0 Å². The van der Waals surface area contributed by atoms with E-state index in [-0.39, 0.29) is 18.5 Å². The molecule has 0 saturated heterocycles. The van der Waals surface area contributed by atoms with Crippen LogP contribution in [0.4, 0.5) is 0 Å². The average Bonchev–Trinajstić information content (AvgIpc) is 3.29. The number of hydrogen-bond donors (Lipinski definition) is 3. The zero-order valence-corrected chi connectivity index (χ0v) is 43.0. The highest BCUT2D eigenvalue weighted by molar-refractivity contribution is 5.76. The summed E-state index contributed by atoms with van der Waals surface area (Å²) < 4.78 is 5.46. The summed E-state index contributed by atoms with van der Waals surface area (Å²) in [6.07, 6.45) is 64.5. The van der Waals surface area contributed by atoms with Gasteiger partial charge in [0.2, 0.25) is 5.91 Å². The summed E-state index contributed by atoms with van der Waals surface area (Å²) in [5, 5.41) is 23.3. The molecule has 3 N–H and O–H groups in total. The lowest BCUT2D eigenvalue weighted by molar-refractivity contribution is -0.143. The van der Waals surface area contributed by atoms with Crippen LogP contribution in [0.25, 0.3) is 0 Å². The molecular weight excluding hydrogens is 791 g/mol. The fraction of sp³-hybridized carbons (Fsp3) is 0.897. The van der Waals surface area contributed by atoms with Crippen LogP contribution in [0, 0.1) is 0 Å². The highest BCUT2D eigenvalue weighted by Gasteiger charge is 2.20. The first kappa shape index (κ1) is 62.3. The van der Waals surface area contributed by atoms with Crippen LogP contribution < -0.4 is 5.32 Å². The van der Waals surface area contributed by atoms with E-state index in [0.29, 0.717) is 25.9 Å². The van der Waals surface area contributed by atoms with Crippen LogP contribution in [0.2, 0.25) is 0 Å². The number of hydrogen-bond acceptors (Lipinski definition) is 5. The average molecular weight is 903 g/mol. The van der Waals surface area contributed by atoms with Gasteiger partial charge in [-0.3, -0.25) is 9.59 Å². The number of esters is 1. The third-order valence-corrected chi connectivity index (χ3v) is 13.2. The van der Waals surface area contributed by atoms with Crippen molar-refractivity contribution in [3.63, 3.8) is 0 Å². The summed E-state index contributed by atoms with van der Waals surface area (Å²) >= 11 is 0. The molecule has 2 atom stereocenters. The second kappa shape index (κ2) is 54.0. The highest BCUT2D eigenvalue weighted by Crippen LogP contribution is 2.17. The number of aliphatic hydroxyl groups excluding tert-OH is 2. The molecule has 64 heavy (non-hydrogen) atoms. The van der Waals surface area contributed by atoms with E-state index in [1.54, 1.807) is 0 Å². The van der Waals surface area contributed by atoms with Gasteiger partial charge in [-0.2, -0.15) is 0 Å². The molecule has 2 unspecified atom stereocenters. The maximum Gasteiger partial charge on any atom is 0.305 e. The number of amides is 1. The largest absolute Gasteiger partial charge is 0.466 e. The van der Waals surface area contributed by atoms with Gasteiger partial charge >= 0.3 is 5.97 Å². The van der Waals surface area contributed by atoms with E-state index >= 15 is 0 Å². The van der Waals surface area contributed by atoms with Crippen LogP contribution in [-0.4, -0.2) is 47.4 Å². The van der Waals surface area contributed by atoms with Gasteiger partial charge in [0.25, 0.3) is 0 Å². The topological polar surface area (TPSA) is 95.9 Å². The fourth-order valence-electron chi connectivity index (χ4n) is 8.81. The van der Waals surface area contributed by atoms with E-state index in [4.69, 9.17) is 4.74 Å². The molecule has 6 nitrogen and oxygen atoms in total. The van der Waals surface area contributed by atoms with E-state index in [2.05, 4.69) is 43.5 Å². The lowest BCUT2D eigenvalue weighted by Gasteiger charge is -2.22. The van der Waals surface area contributed by atoms with Crippen LogP contribution >= 0.6 is 0 Å². The Morgan fingerprint density at radius 1 is 0.422 bits per heavy atom. The molecule has 0 aliphatic carbocycles. The summed E-state index contributed by atoms with van der Waals surface area (Å²) in [6, 6.07) is -0.548. The van der Waals surface area contributed by atoms with Crippen LogP contribution in [0.15, 0.2) is 24.3 Å². The Bertz CT molecular complexity index is 997. The maximum atomic E-state index is 12.5. The second-order valence-corrected chi connectivity index (χ2v) is 19.6. The predicted molar refractivity (Wildman–Crippen MR) is 278 cm³/mol. The molecule has 0 aromatic heterocycles. The Morgan fingerprint density at radius 2 is 0.734 bits per heavy atom. The summed E-state index contributed by atoms with van der Waals surface area (Å²) in [7, 11) is 0. The number of allylic oxidation sites excluding steroid dienone is 4. The van der Waals surface area contributed by atoms with Crippen molar-refractivity contribution in [1.82, 2.24) is 5.32 Å². The fourth-order valence-corrected chi connectivity index (χ4v) is 8.81. The predicted octanol–water partition coefficient (Wildman–Crippen LogP) is 17.5. The number of carbonyl (C=O) groups is 2. The Labute approximate surface area is 399 Å². The molecule has 378 valence electrons. The van der Waals surface area contributed by atoms with E-state index in [0.717, 1.165) is 44.9 Å². The first-order valence-electron chi connectivity index (χ1n) is 28.6. The van der Waals surface area contributed by atoms with Crippen molar-refractivity contribution in [2.45, 2.75) is 321 Å². The summed E-state index contributed by atoms with van der Waals surface area (Å²) in [4.78, 5) is 24.5. The molecule has 0 saturated carbocycles. The van der Waals surface area contributed by atoms with Crippen molar-refractivity contribution in [1.29, 1.82) is 0 Å². The maximum absolute atomic E-state index is 12.5. The molecule has 0 aliphatic heterocycles. The van der Waals surface area contributed by atoms with Crippen LogP contribution in [0.5, 0.6) is 0 Å². The molecular formula is C58H111NO5. The number of rotatable bonds is 53. The minimum Gasteiger partial charge on any atom is -0.466 e. The van der Waals surface area contributed by atoms with Gasteiger partial charge < -0.3 is 20.3 Å². The van der Waals surface area contributed by atoms with Crippen molar-refractivity contribution in [3.05, 3.63) is 24.3 Å². The zero-order valence-electron chi connectivity index (χ0n) is 43.0. The van der Waals surface area contributed by atoms with Gasteiger partial charge in [0.1, 0.15) is 0 Å². The number of aliphatic hydroxyl groups is 2. The standard InChI is InChI=1S/C58H111NO5/c1-3-5-7-9-11-13-15-17-23-27-30-34-38-42-46-50-56(61)55(54-60)59-57(62)51-47-43-39-35-31-28-24-21-19-18-20-22-25-29-33-37-41-45-49-53-64-58(63)52-48-44-40-36-32-26-16-14-12-10-8-6-4-2/h14,16,18-19,55-56,60-61H,3-13,15,17,20-54H2,1-2H3,(H,59,62)/b16-14-,19-18-. The molecule has 6 heteroatoms. The van der Waals surface area contributed by atoms with E-state index < -0.39 is 12.1 Å². The Kier molecular flexibility index (Phi) is 52.6. The van der Waals surface area contributed by atoms with Crippen molar-refractivity contribution in [2.24, 2.45) is 0 Å². The number of ether oxygens (including phenoxy) is 1. The Balaban J connectivity index is 3.44. The van der Waals surface area contributed by atoms with E-state index in [1.807, 2.05) is 0 Å². The molecule has 0 heterocycles. The molecule has 0 radical (unpaired) electrons. The summed E-state index contributed by atoms with van der Waals surface area (Å²) in [6.45, 7) is 4.93. The van der Waals surface area contributed by atoms with Crippen LogP contribution in [0.1, 0.15) is 309 Å². The normalized spacial score (nSPS) is 12.8. The third kappa shape index (κ3) is 49.8. The Morgan fingerprint density at radius 3 is 1.12 bits per heavy atom. The zero-order chi connectivity index (χ0) is 46.5. The lowest BCUT2D eigenvalue weighted by atomic mass is 10.0. The van der Waals surface area contributed by atoms with E-state index in [1.165, 1.54) is 231 Å². The monoisotopic (exact) mass is 902 g/mol. The molecule has 0 aromatic rings. The molecule has 0 aromatic carbocycles. The Hall–Kier alpha value is -1.66. The molecule has 0 spiro atoms. The van der Waals surface area contributed by atoms with Crippen LogP contribution in [-0.2, 0) is 14.3 Å². The minimum absolute atomic E-state index is 0.00520. The van der Waals surface area contributed by atoms with Gasteiger partial charge in [0.05, 0.1) is 25.4 Å². The van der Waals surface area contributed by atoms with Gasteiger partial charge in [-0.15, -0.1) is 0 Å². The highest BCUT2D eigenvalue weighted by atomic mass is 16.5. The first-order valence-corrected chi connectivity index (χ1v) is 28.6. The second-order valence-electron chi connectivity index (χ2n) is 19.6. The molecule has 1 amide bonds. The van der Waals surface area contributed by atoms with Gasteiger partial charge in [0.15, 0.2) is 0 Å². The number of unbranched alkanes of at least 4 members (excludes halogenated alkanes) is 38. The number of nitrogens with one attached hydrogen (secondary N) is 1. The minimum atomic E-state index is -0.670. The lowest BCUT2D eigenvalue weighted by Crippen LogP contribution is -2.45. The van der Waals surface area contributed by atoms with Gasteiger partial charge in [0, 0.05) is 12.8 Å². The molecule has 0 rings (SSSR count). The van der Waals surface area contributed by atoms with Gasteiger partial charge in [-0.05, 0) is 77.0 Å². The van der Waals surface area contributed by atoms with Crippen molar-refractivity contribution < 1.29 is 24.5 Å². The van der Waals surface area contributed by atoms with Crippen molar-refractivity contribution >= 4 is 11.9 Å². The third-order valence-electron chi connectivity index (χ3n) is 13.2. The van der Waals surface area contributed by atoms with E-state index in [9.17, 15) is 19.8 Å². The van der Waals surface area contributed by atoms with Gasteiger partial charge in [-0.1, -0.05) is 244 Å². The molecule has 0 fully saturated rings. The SMILES string of the molecule is CCCCCC/C=C\CCCCCCCC(=O)OCCCCCCCCCC/C=C\CCCCCCCCCC(=O)NC(CO)C(O)CCCCCCCCCCCCCCCCC. The smallest absolute Gasteiger partial charge is 0.305 e.